The van der Waals surface area contributed by atoms with Crippen molar-refractivity contribution in [2.75, 3.05) is 31.9 Å². The number of likely N-dealkylation sites (tertiary alicyclic amines) is 1. The van der Waals surface area contributed by atoms with Crippen LogP contribution in [0.2, 0.25) is 0 Å². The Morgan fingerprint density at radius 2 is 2.09 bits per heavy atom. The molecule has 0 unspecified atom stereocenters. The minimum Gasteiger partial charge on any atom is -0.342 e. The summed E-state index contributed by atoms with van der Waals surface area (Å²) in [6, 6.07) is 6.21. The number of rotatable bonds is 6. The van der Waals surface area contributed by atoms with Crippen molar-refractivity contribution in [2.24, 2.45) is 5.92 Å². The van der Waals surface area contributed by atoms with Gasteiger partial charge in [0.25, 0.3) is 0 Å². The Bertz CT molecular complexity index is 507. The molecule has 6 heteroatoms. The maximum Gasteiger partial charge on any atom is 0.232 e. The average molecular weight is 422 g/mol. The van der Waals surface area contributed by atoms with E-state index in [0.29, 0.717) is 5.75 Å². The summed E-state index contributed by atoms with van der Waals surface area (Å²) in [6.07, 6.45) is 2.25. The topological polar surface area (TPSA) is 32.3 Å². The van der Waals surface area contributed by atoms with Gasteiger partial charge in [0, 0.05) is 22.5 Å². The zero-order valence-corrected chi connectivity index (χ0v) is 17.0. The van der Waals surface area contributed by atoms with E-state index in [9.17, 15) is 4.79 Å². The molecule has 0 bridgehead atoms. The van der Waals surface area contributed by atoms with Crippen LogP contribution < -0.4 is 5.32 Å². The third-order valence-electron chi connectivity index (χ3n) is 4.14. The highest BCUT2D eigenvalue weighted by atomic mass is 79.9. The molecule has 1 heterocycles. The first kappa shape index (κ1) is 20.8. The van der Waals surface area contributed by atoms with Crippen molar-refractivity contribution in [3.63, 3.8) is 0 Å². The molecular weight excluding hydrogens is 396 g/mol. The second kappa shape index (κ2) is 10.6. The van der Waals surface area contributed by atoms with Crippen LogP contribution in [-0.2, 0) is 4.79 Å². The normalized spacial score (nSPS) is 15.3. The van der Waals surface area contributed by atoms with Crippen molar-refractivity contribution in [2.45, 2.75) is 31.6 Å². The lowest BCUT2D eigenvalue weighted by Crippen LogP contribution is -2.41. The van der Waals surface area contributed by atoms with Crippen molar-refractivity contribution in [1.29, 1.82) is 0 Å². The number of carbonyl (C=O) groups is 1. The molecule has 0 atom stereocenters. The first-order valence-corrected chi connectivity index (χ1v) is 9.75. The van der Waals surface area contributed by atoms with Gasteiger partial charge in [0.1, 0.15) is 0 Å². The van der Waals surface area contributed by atoms with Gasteiger partial charge >= 0.3 is 0 Å². The van der Waals surface area contributed by atoms with Crippen molar-refractivity contribution in [1.82, 2.24) is 10.2 Å². The van der Waals surface area contributed by atoms with Crippen LogP contribution in [0.15, 0.2) is 27.6 Å². The first-order valence-electron chi connectivity index (χ1n) is 7.97. The molecule has 1 saturated heterocycles. The molecule has 130 valence electrons. The number of hydrogen-bond acceptors (Lipinski definition) is 3. The summed E-state index contributed by atoms with van der Waals surface area (Å²) in [7, 11) is 0. The van der Waals surface area contributed by atoms with Gasteiger partial charge in [-0.3, -0.25) is 4.79 Å². The van der Waals surface area contributed by atoms with Crippen LogP contribution >= 0.6 is 40.1 Å². The molecule has 0 spiro atoms. The number of benzene rings is 1. The maximum absolute atomic E-state index is 12.4. The number of piperidine rings is 1. The van der Waals surface area contributed by atoms with E-state index < -0.39 is 0 Å². The molecule has 1 N–H and O–H groups in total. The van der Waals surface area contributed by atoms with Crippen molar-refractivity contribution in [3.05, 3.63) is 28.2 Å². The van der Waals surface area contributed by atoms with Crippen LogP contribution in [0, 0.1) is 12.8 Å². The zero-order chi connectivity index (χ0) is 15.9. The molecule has 0 aromatic heterocycles. The molecule has 2 rings (SSSR count). The van der Waals surface area contributed by atoms with Crippen molar-refractivity contribution < 1.29 is 4.79 Å². The first-order chi connectivity index (χ1) is 10.6. The van der Waals surface area contributed by atoms with E-state index in [-0.39, 0.29) is 18.3 Å². The van der Waals surface area contributed by atoms with E-state index in [2.05, 4.69) is 47.2 Å². The summed E-state index contributed by atoms with van der Waals surface area (Å²) in [6.45, 7) is 8.17. The van der Waals surface area contributed by atoms with Crippen LogP contribution in [-0.4, -0.2) is 42.7 Å². The van der Waals surface area contributed by atoms with E-state index in [0.717, 1.165) is 49.4 Å². The number of aryl methyl sites for hydroxylation is 1. The second-order valence-corrected chi connectivity index (χ2v) is 7.76. The summed E-state index contributed by atoms with van der Waals surface area (Å²) in [5, 5.41) is 3.41. The van der Waals surface area contributed by atoms with E-state index >= 15 is 0 Å². The highest BCUT2D eigenvalue weighted by molar-refractivity contribution is 9.10. The van der Waals surface area contributed by atoms with E-state index in [1.807, 2.05) is 11.0 Å². The Morgan fingerprint density at radius 3 is 2.70 bits per heavy atom. The third kappa shape index (κ3) is 6.65. The molecule has 0 saturated carbocycles. The Kier molecular flexibility index (Phi) is 9.59. The monoisotopic (exact) mass is 420 g/mol. The molecule has 1 aromatic carbocycles. The molecule has 0 aliphatic carbocycles. The molecule has 1 fully saturated rings. The van der Waals surface area contributed by atoms with Crippen LogP contribution in [0.1, 0.15) is 25.3 Å². The molecule has 3 nitrogen and oxygen atoms in total. The largest absolute Gasteiger partial charge is 0.342 e. The Balaban J connectivity index is 0.00000264. The standard InChI is InChI=1S/C17H25BrN2OS.ClH/c1-3-19-11-14-6-8-20(9-7-14)17(21)12-22-16-5-4-15(18)10-13(16)2;/h4-5,10,14,19H,3,6-9,11-12H2,1-2H3;1H. The zero-order valence-electron chi connectivity index (χ0n) is 13.8. The fraction of sp³-hybridized carbons (Fsp3) is 0.588. The summed E-state index contributed by atoms with van der Waals surface area (Å²) in [5.74, 6) is 1.54. The molecule has 23 heavy (non-hydrogen) atoms. The highest BCUT2D eigenvalue weighted by Crippen LogP contribution is 2.26. The smallest absolute Gasteiger partial charge is 0.232 e. The lowest BCUT2D eigenvalue weighted by Gasteiger charge is -2.32. The van der Waals surface area contributed by atoms with E-state index in [1.54, 1.807) is 11.8 Å². The van der Waals surface area contributed by atoms with Crippen molar-refractivity contribution >= 4 is 46.0 Å². The Hall–Kier alpha value is -0.230. The van der Waals surface area contributed by atoms with Gasteiger partial charge in [-0.1, -0.05) is 22.9 Å². The number of nitrogens with zero attached hydrogens (tertiary/aromatic N) is 1. The van der Waals surface area contributed by atoms with E-state index in [1.165, 1.54) is 10.5 Å². The number of hydrogen-bond donors (Lipinski definition) is 1. The van der Waals surface area contributed by atoms with Crippen molar-refractivity contribution in [3.8, 4) is 0 Å². The fourth-order valence-electron chi connectivity index (χ4n) is 2.74. The molecule has 1 aromatic rings. The third-order valence-corrected chi connectivity index (χ3v) is 5.79. The summed E-state index contributed by atoms with van der Waals surface area (Å²) in [5.41, 5.74) is 1.22. The van der Waals surface area contributed by atoms with Gasteiger partial charge in [0.15, 0.2) is 0 Å². The number of halogens is 2. The van der Waals surface area contributed by atoms with Gasteiger partial charge in [-0.2, -0.15) is 0 Å². The number of amides is 1. The summed E-state index contributed by atoms with van der Waals surface area (Å²) < 4.78 is 1.09. The van der Waals surface area contributed by atoms with Crippen LogP contribution in [0.5, 0.6) is 0 Å². The van der Waals surface area contributed by atoms with Gasteiger partial charge in [-0.15, -0.1) is 24.2 Å². The predicted octanol–water partition coefficient (Wildman–Crippen LogP) is 4.12. The quantitative estimate of drug-likeness (QED) is 0.701. The van der Waals surface area contributed by atoms with Crippen LogP contribution in [0.25, 0.3) is 0 Å². The lowest BCUT2D eigenvalue weighted by molar-refractivity contribution is -0.129. The Labute approximate surface area is 158 Å². The lowest BCUT2D eigenvalue weighted by atomic mass is 9.97. The maximum atomic E-state index is 12.4. The van der Waals surface area contributed by atoms with Gasteiger partial charge in [0.2, 0.25) is 5.91 Å². The van der Waals surface area contributed by atoms with Gasteiger partial charge < -0.3 is 10.2 Å². The summed E-state index contributed by atoms with van der Waals surface area (Å²) >= 11 is 5.12. The molecule has 1 aliphatic heterocycles. The minimum absolute atomic E-state index is 0. The molecular formula is C17H26BrClN2OS. The van der Waals surface area contributed by atoms with Crippen LogP contribution in [0.3, 0.4) is 0 Å². The predicted molar refractivity (Wildman–Crippen MR) is 105 cm³/mol. The Morgan fingerprint density at radius 1 is 1.39 bits per heavy atom. The molecule has 0 radical (unpaired) electrons. The minimum atomic E-state index is 0. The van der Waals surface area contributed by atoms with E-state index in [4.69, 9.17) is 0 Å². The average Bonchev–Trinajstić information content (AvgIpc) is 2.52. The summed E-state index contributed by atoms with van der Waals surface area (Å²) in [4.78, 5) is 15.6. The van der Waals surface area contributed by atoms with Gasteiger partial charge in [0.05, 0.1) is 5.75 Å². The SMILES string of the molecule is CCNCC1CCN(C(=O)CSc2ccc(Br)cc2C)CC1.Cl. The fourth-order valence-corrected chi connectivity index (χ4v) is 4.13. The molecule has 1 amide bonds. The van der Waals surface area contributed by atoms with Gasteiger partial charge in [-0.25, -0.2) is 0 Å². The number of thioether (sulfide) groups is 1. The molecule has 1 aliphatic rings. The number of nitrogens with one attached hydrogen (secondary N) is 1. The van der Waals surface area contributed by atoms with Gasteiger partial charge in [-0.05, 0) is 62.5 Å². The number of carbonyl (C=O) groups excluding carboxylic acids is 1. The van der Waals surface area contributed by atoms with Crippen LogP contribution in [0.4, 0.5) is 0 Å². The highest BCUT2D eigenvalue weighted by Gasteiger charge is 2.22. The second-order valence-electron chi connectivity index (χ2n) is 5.83.